The van der Waals surface area contributed by atoms with Gasteiger partial charge in [0.25, 0.3) is 0 Å². The zero-order valence-electron chi connectivity index (χ0n) is 19.9. The van der Waals surface area contributed by atoms with E-state index in [0.29, 0.717) is 7.92 Å². The lowest BCUT2D eigenvalue weighted by molar-refractivity contribution is 0.617. The van der Waals surface area contributed by atoms with Gasteiger partial charge in [-0.05, 0) is 37.7 Å². The summed E-state index contributed by atoms with van der Waals surface area (Å²) in [4.78, 5) is 0. The van der Waals surface area contributed by atoms with Gasteiger partial charge in [0, 0.05) is 0 Å². The maximum atomic E-state index is 2.42. The number of hydrogen-bond donors (Lipinski definition) is 0. The van der Waals surface area contributed by atoms with Crippen LogP contribution in [0, 0.1) is 0 Å². The van der Waals surface area contributed by atoms with Crippen LogP contribution in [0.25, 0.3) is 0 Å². The summed E-state index contributed by atoms with van der Waals surface area (Å²) in [5.41, 5.74) is 0. The fourth-order valence-corrected chi connectivity index (χ4v) is 6.37. The molecular formula is C25H56P2. The molecule has 2 heteroatoms. The molecular weight excluding hydrogens is 362 g/mol. The second-order valence-corrected chi connectivity index (χ2v) is 10.8. The molecule has 0 aromatic heterocycles. The van der Waals surface area contributed by atoms with Crippen LogP contribution < -0.4 is 0 Å². The third-order valence-electron chi connectivity index (χ3n) is 5.48. The maximum Gasteiger partial charge on any atom is -0.0326 e. The topological polar surface area (TPSA) is 0 Å². The summed E-state index contributed by atoms with van der Waals surface area (Å²) in [6.45, 7) is 8.88. The summed E-state index contributed by atoms with van der Waals surface area (Å²) in [5, 5.41) is 0. The van der Waals surface area contributed by atoms with Gasteiger partial charge in [-0.25, -0.2) is 0 Å². The fourth-order valence-electron chi connectivity index (χ4n) is 3.68. The molecule has 0 heterocycles. The molecule has 0 nitrogen and oxygen atoms in total. The fraction of sp³-hybridized carbons (Fsp3) is 1.00. The van der Waals surface area contributed by atoms with Crippen molar-refractivity contribution >= 4 is 17.2 Å². The van der Waals surface area contributed by atoms with Crippen molar-refractivity contribution in [2.24, 2.45) is 0 Å². The Morgan fingerprint density at radius 3 is 0.852 bits per heavy atom. The second kappa shape index (κ2) is 29.1. The monoisotopic (exact) mass is 418 g/mol. The summed E-state index contributed by atoms with van der Waals surface area (Å²) < 4.78 is 0. The summed E-state index contributed by atoms with van der Waals surface area (Å²) in [6, 6.07) is 0. The Morgan fingerprint density at radius 2 is 0.593 bits per heavy atom. The summed E-state index contributed by atoms with van der Waals surface area (Å²) >= 11 is 0. The van der Waals surface area contributed by atoms with Gasteiger partial charge in [-0.2, -0.15) is 0 Å². The van der Waals surface area contributed by atoms with Crippen molar-refractivity contribution in [2.45, 2.75) is 136 Å². The molecule has 0 fully saturated rings. The lowest BCUT2D eigenvalue weighted by Crippen LogP contribution is -1.97. The van der Waals surface area contributed by atoms with Gasteiger partial charge in [0.1, 0.15) is 0 Å². The summed E-state index contributed by atoms with van der Waals surface area (Å²) in [6.07, 6.45) is 31.2. The first-order valence-electron chi connectivity index (χ1n) is 12.6. The molecule has 0 aliphatic carbocycles. The first-order valence-corrected chi connectivity index (χ1v) is 15.7. The predicted molar refractivity (Wildman–Crippen MR) is 137 cm³/mol. The zero-order chi connectivity index (χ0) is 20.4. The third kappa shape index (κ3) is 26.9. The first kappa shape index (κ1) is 30.1. The molecule has 0 saturated carbocycles. The predicted octanol–water partition coefficient (Wildman–Crippen LogP) is 10.0. The van der Waals surface area contributed by atoms with Gasteiger partial charge >= 0.3 is 0 Å². The average molecular weight is 419 g/mol. The summed E-state index contributed by atoms with van der Waals surface area (Å²) in [5.74, 6) is 0. The van der Waals surface area contributed by atoms with Crippen molar-refractivity contribution in [1.82, 2.24) is 0 Å². The van der Waals surface area contributed by atoms with Gasteiger partial charge in [0.15, 0.2) is 0 Å². The molecule has 166 valence electrons. The van der Waals surface area contributed by atoms with Gasteiger partial charge in [0.2, 0.25) is 0 Å². The van der Waals surface area contributed by atoms with E-state index >= 15 is 0 Å². The van der Waals surface area contributed by atoms with E-state index in [0.717, 1.165) is 0 Å². The Kier molecular flexibility index (Phi) is 32.4. The molecule has 1 atom stereocenters. The van der Waals surface area contributed by atoms with E-state index in [-0.39, 0.29) is 0 Å². The number of rotatable bonds is 21. The minimum atomic E-state index is 0.366. The highest BCUT2D eigenvalue weighted by Gasteiger charge is 2.07. The lowest BCUT2D eigenvalue weighted by Gasteiger charge is -2.18. The van der Waals surface area contributed by atoms with Crippen LogP contribution in [0.1, 0.15) is 136 Å². The third-order valence-corrected chi connectivity index (χ3v) is 8.33. The van der Waals surface area contributed by atoms with Crippen molar-refractivity contribution in [3.8, 4) is 0 Å². The van der Waals surface area contributed by atoms with E-state index in [4.69, 9.17) is 0 Å². The zero-order valence-corrected chi connectivity index (χ0v) is 21.9. The van der Waals surface area contributed by atoms with Crippen LogP contribution in [0.3, 0.4) is 0 Å². The Hall–Kier alpha value is 0.860. The molecule has 1 unspecified atom stereocenters. The molecule has 0 spiro atoms. The van der Waals surface area contributed by atoms with Gasteiger partial charge < -0.3 is 0 Å². The van der Waals surface area contributed by atoms with E-state index in [1.165, 1.54) is 116 Å². The minimum Gasteiger partial charge on any atom is -0.141 e. The highest BCUT2D eigenvalue weighted by molar-refractivity contribution is 7.57. The molecule has 0 aromatic carbocycles. The normalized spacial score (nSPS) is 10.9. The molecule has 0 rings (SSSR count). The molecule has 0 N–H and O–H groups in total. The van der Waals surface area contributed by atoms with Gasteiger partial charge in [-0.3, -0.25) is 0 Å². The van der Waals surface area contributed by atoms with E-state index in [9.17, 15) is 0 Å². The maximum absolute atomic E-state index is 2.42. The average Bonchev–Trinajstić information content (AvgIpc) is 2.70. The van der Waals surface area contributed by atoms with Crippen LogP contribution in [0.2, 0.25) is 0 Å². The van der Waals surface area contributed by atoms with E-state index in [1.807, 2.05) is 6.66 Å². The first-order chi connectivity index (χ1) is 13.3. The van der Waals surface area contributed by atoms with Crippen LogP contribution in [-0.4, -0.2) is 25.2 Å². The van der Waals surface area contributed by atoms with Crippen LogP contribution in [-0.2, 0) is 0 Å². The van der Waals surface area contributed by atoms with E-state index in [2.05, 4.69) is 30.0 Å². The van der Waals surface area contributed by atoms with Gasteiger partial charge in [-0.15, -0.1) is 17.2 Å². The van der Waals surface area contributed by atoms with Crippen molar-refractivity contribution in [3.63, 3.8) is 0 Å². The van der Waals surface area contributed by atoms with E-state index in [1.54, 1.807) is 18.5 Å². The molecule has 0 saturated heterocycles. The van der Waals surface area contributed by atoms with Crippen LogP contribution >= 0.6 is 17.2 Å². The van der Waals surface area contributed by atoms with Crippen LogP contribution in [0.4, 0.5) is 0 Å². The smallest absolute Gasteiger partial charge is 0.0326 e. The van der Waals surface area contributed by atoms with Crippen molar-refractivity contribution in [1.29, 1.82) is 0 Å². The Morgan fingerprint density at radius 1 is 0.370 bits per heavy atom. The van der Waals surface area contributed by atoms with Gasteiger partial charge in [-0.1, -0.05) is 124 Å². The van der Waals surface area contributed by atoms with Crippen molar-refractivity contribution in [2.75, 3.05) is 25.2 Å². The van der Waals surface area contributed by atoms with Gasteiger partial charge in [0.05, 0.1) is 0 Å². The number of hydrogen-bond acceptors (Lipinski definition) is 0. The molecule has 27 heavy (non-hydrogen) atoms. The Balaban J connectivity index is 0. The SMILES string of the molecule is CCCCCCCCP(CCCCCCCC)CCCCCCCC.CP. The van der Waals surface area contributed by atoms with Crippen LogP contribution in [0.15, 0.2) is 0 Å². The lowest BCUT2D eigenvalue weighted by atomic mass is 10.1. The standard InChI is InChI=1S/C24H51P.CH5P/c1-4-7-10-13-16-19-22-25(23-20-17-14-11-8-5-2)24-21-18-15-12-9-6-3;1-2/h4-24H2,1-3H3;2H2,1H3. The Bertz CT molecular complexity index is 192. The largest absolute Gasteiger partial charge is 0.141 e. The Labute approximate surface area is 178 Å². The minimum absolute atomic E-state index is 0.366. The molecule has 0 bridgehead atoms. The number of unbranched alkanes of at least 4 members (excludes halogenated alkanes) is 15. The molecule has 0 aliphatic rings. The molecule has 0 radical (unpaired) electrons. The quantitative estimate of drug-likeness (QED) is 0.128. The highest BCUT2D eigenvalue weighted by Crippen LogP contribution is 2.39. The molecule has 0 amide bonds. The second-order valence-electron chi connectivity index (χ2n) is 8.14. The van der Waals surface area contributed by atoms with Crippen molar-refractivity contribution in [3.05, 3.63) is 0 Å². The molecule has 0 aliphatic heterocycles. The van der Waals surface area contributed by atoms with Crippen molar-refractivity contribution < 1.29 is 0 Å². The highest BCUT2D eigenvalue weighted by atomic mass is 31.1. The van der Waals surface area contributed by atoms with E-state index < -0.39 is 0 Å². The van der Waals surface area contributed by atoms with Crippen LogP contribution in [0.5, 0.6) is 0 Å². The molecule has 0 aromatic rings. The summed E-state index contributed by atoms with van der Waals surface area (Å²) in [7, 11) is 2.78.